The number of rotatable bonds is 5. The molecule has 1 saturated carbocycles. The number of hydrogen-bond acceptors (Lipinski definition) is 6. The predicted molar refractivity (Wildman–Crippen MR) is 73.8 cm³/mol. The van der Waals surface area contributed by atoms with Gasteiger partial charge in [0.25, 0.3) is 0 Å². The van der Waals surface area contributed by atoms with Crippen molar-refractivity contribution in [1.82, 2.24) is 10.1 Å². The van der Waals surface area contributed by atoms with Gasteiger partial charge in [0.05, 0.1) is 12.7 Å². The molecule has 1 aromatic rings. The second-order valence-electron chi connectivity index (χ2n) is 5.86. The molecule has 0 radical (unpaired) electrons. The molecule has 0 aromatic carbocycles. The molecule has 1 aromatic heterocycles. The van der Waals surface area contributed by atoms with Gasteiger partial charge in [0.15, 0.2) is 5.82 Å². The van der Waals surface area contributed by atoms with E-state index in [-0.39, 0.29) is 12.1 Å². The number of carbonyl (C=O) groups excluding carboxylic acids is 1. The number of ether oxygens (including phenoxy) is 2. The fraction of sp³-hybridized carbons (Fsp3) is 0.800. The van der Waals surface area contributed by atoms with Crippen molar-refractivity contribution in [2.45, 2.75) is 63.4 Å². The third-order valence-electron chi connectivity index (χ3n) is 4.43. The lowest BCUT2D eigenvalue weighted by atomic mass is 9.86. The van der Waals surface area contributed by atoms with Crippen LogP contribution in [0.1, 0.15) is 57.2 Å². The molecule has 0 spiro atoms. The van der Waals surface area contributed by atoms with Crippen LogP contribution in [0, 0.1) is 0 Å². The van der Waals surface area contributed by atoms with Gasteiger partial charge in [-0.05, 0) is 32.6 Å². The van der Waals surface area contributed by atoms with Crippen LogP contribution in [0.25, 0.3) is 0 Å². The maximum atomic E-state index is 12.3. The lowest BCUT2D eigenvalue weighted by Crippen LogP contribution is -2.35. The first kappa shape index (κ1) is 14.5. The minimum atomic E-state index is -0.724. The Hall–Kier alpha value is -1.43. The smallest absolute Gasteiger partial charge is 0.321 e. The van der Waals surface area contributed by atoms with E-state index in [1.807, 2.05) is 6.92 Å². The van der Waals surface area contributed by atoms with Crippen molar-refractivity contribution in [2.75, 3.05) is 13.2 Å². The Labute approximate surface area is 124 Å². The first-order valence-corrected chi connectivity index (χ1v) is 7.86. The average molecular weight is 294 g/mol. The Morgan fingerprint density at radius 3 is 2.86 bits per heavy atom. The van der Waals surface area contributed by atoms with E-state index in [2.05, 4.69) is 10.1 Å². The second-order valence-corrected chi connectivity index (χ2v) is 5.86. The first-order valence-electron chi connectivity index (χ1n) is 7.86. The van der Waals surface area contributed by atoms with E-state index in [4.69, 9.17) is 14.0 Å². The summed E-state index contributed by atoms with van der Waals surface area (Å²) in [5.41, 5.74) is -0.724. The molecule has 21 heavy (non-hydrogen) atoms. The lowest BCUT2D eigenvalue weighted by molar-refractivity contribution is -0.151. The number of esters is 1. The van der Waals surface area contributed by atoms with Crippen molar-refractivity contribution in [3.05, 3.63) is 11.7 Å². The van der Waals surface area contributed by atoms with Crippen molar-refractivity contribution in [1.29, 1.82) is 0 Å². The summed E-state index contributed by atoms with van der Waals surface area (Å²) in [6.45, 7) is 3.00. The summed E-state index contributed by atoms with van der Waals surface area (Å²) in [4.78, 5) is 16.8. The molecule has 3 rings (SSSR count). The molecule has 1 aliphatic carbocycles. The van der Waals surface area contributed by atoms with Crippen LogP contribution in [-0.2, 0) is 26.1 Å². The molecule has 2 aliphatic rings. The minimum Gasteiger partial charge on any atom is -0.465 e. The van der Waals surface area contributed by atoms with Crippen LogP contribution >= 0.6 is 0 Å². The van der Waals surface area contributed by atoms with Crippen molar-refractivity contribution in [3.8, 4) is 0 Å². The summed E-state index contributed by atoms with van der Waals surface area (Å²) >= 11 is 0. The van der Waals surface area contributed by atoms with Gasteiger partial charge in [-0.3, -0.25) is 4.79 Å². The summed E-state index contributed by atoms with van der Waals surface area (Å²) in [6, 6.07) is 0. The maximum absolute atomic E-state index is 12.3. The number of aromatic nitrogens is 2. The molecular formula is C15H22N2O4. The van der Waals surface area contributed by atoms with E-state index in [9.17, 15) is 4.79 Å². The Kier molecular flexibility index (Phi) is 4.24. The Bertz CT molecular complexity index is 488. The zero-order valence-electron chi connectivity index (χ0n) is 12.5. The van der Waals surface area contributed by atoms with Gasteiger partial charge in [-0.25, -0.2) is 0 Å². The van der Waals surface area contributed by atoms with Gasteiger partial charge >= 0.3 is 5.97 Å². The van der Waals surface area contributed by atoms with Gasteiger partial charge in [0.2, 0.25) is 5.89 Å². The third kappa shape index (κ3) is 2.81. The van der Waals surface area contributed by atoms with E-state index in [1.54, 1.807) is 0 Å². The van der Waals surface area contributed by atoms with Gasteiger partial charge in [-0.2, -0.15) is 4.98 Å². The highest BCUT2D eigenvalue weighted by atomic mass is 16.5. The van der Waals surface area contributed by atoms with Crippen molar-refractivity contribution >= 4 is 5.97 Å². The van der Waals surface area contributed by atoms with Crippen LogP contribution < -0.4 is 0 Å². The van der Waals surface area contributed by atoms with Gasteiger partial charge < -0.3 is 14.0 Å². The fourth-order valence-corrected chi connectivity index (χ4v) is 3.29. The topological polar surface area (TPSA) is 74.5 Å². The number of hydrogen-bond donors (Lipinski definition) is 0. The molecule has 0 N–H and O–H groups in total. The highest BCUT2D eigenvalue weighted by molar-refractivity contribution is 5.82. The standard InChI is InChI=1S/C15H22N2O4/c1-2-19-14(18)15(7-3-4-8-15)13-16-12(17-21-13)10-11-6-5-9-20-11/h11H,2-10H2,1H3. The van der Waals surface area contributed by atoms with Crippen molar-refractivity contribution < 1.29 is 18.8 Å². The van der Waals surface area contributed by atoms with E-state index in [0.717, 1.165) is 45.1 Å². The first-order chi connectivity index (χ1) is 10.2. The molecule has 116 valence electrons. The molecule has 6 nitrogen and oxygen atoms in total. The molecule has 0 amide bonds. The van der Waals surface area contributed by atoms with E-state index in [1.165, 1.54) is 0 Å². The summed E-state index contributed by atoms with van der Waals surface area (Å²) < 4.78 is 16.2. The van der Waals surface area contributed by atoms with Gasteiger partial charge in [-0.15, -0.1) is 0 Å². The normalized spacial score (nSPS) is 24.3. The second kappa shape index (κ2) is 6.13. The van der Waals surface area contributed by atoms with Crippen LogP contribution in [0.5, 0.6) is 0 Å². The highest BCUT2D eigenvalue weighted by Crippen LogP contribution is 2.41. The summed E-state index contributed by atoms with van der Waals surface area (Å²) in [5.74, 6) is 0.828. The zero-order chi connectivity index (χ0) is 14.7. The fourth-order valence-electron chi connectivity index (χ4n) is 3.29. The largest absolute Gasteiger partial charge is 0.465 e. The van der Waals surface area contributed by atoms with Crippen LogP contribution in [0.4, 0.5) is 0 Å². The van der Waals surface area contributed by atoms with Gasteiger partial charge in [0.1, 0.15) is 5.41 Å². The maximum Gasteiger partial charge on any atom is 0.321 e. The quantitative estimate of drug-likeness (QED) is 0.775. The van der Waals surface area contributed by atoms with Gasteiger partial charge in [0, 0.05) is 13.0 Å². The van der Waals surface area contributed by atoms with E-state index < -0.39 is 5.41 Å². The number of nitrogens with zero attached hydrogens (tertiary/aromatic N) is 2. The summed E-state index contributed by atoms with van der Waals surface area (Å²) in [5, 5.41) is 4.04. The molecule has 2 heterocycles. The van der Waals surface area contributed by atoms with Crippen LogP contribution in [0.3, 0.4) is 0 Å². The van der Waals surface area contributed by atoms with Crippen molar-refractivity contribution in [3.63, 3.8) is 0 Å². The minimum absolute atomic E-state index is 0.178. The predicted octanol–water partition coefficient (Wildman–Crippen LogP) is 2.17. The SMILES string of the molecule is CCOC(=O)C1(c2nc(CC3CCCO3)no2)CCCC1. The zero-order valence-corrected chi connectivity index (χ0v) is 12.5. The molecule has 1 aliphatic heterocycles. The monoisotopic (exact) mass is 294 g/mol. The van der Waals surface area contributed by atoms with Crippen LogP contribution in [-0.4, -0.2) is 35.4 Å². The summed E-state index contributed by atoms with van der Waals surface area (Å²) in [6.07, 6.45) is 6.39. The average Bonchev–Trinajstić information content (AvgIpc) is 3.21. The Morgan fingerprint density at radius 1 is 1.38 bits per heavy atom. The molecule has 0 bridgehead atoms. The third-order valence-corrected chi connectivity index (χ3v) is 4.43. The van der Waals surface area contributed by atoms with Crippen molar-refractivity contribution in [2.24, 2.45) is 0 Å². The van der Waals surface area contributed by atoms with Crippen LogP contribution in [0.15, 0.2) is 4.52 Å². The van der Waals surface area contributed by atoms with E-state index in [0.29, 0.717) is 24.7 Å². The Morgan fingerprint density at radius 2 is 2.19 bits per heavy atom. The molecule has 2 fully saturated rings. The number of carbonyl (C=O) groups is 1. The Balaban J connectivity index is 1.77. The molecule has 1 unspecified atom stereocenters. The molecular weight excluding hydrogens is 272 g/mol. The van der Waals surface area contributed by atoms with Gasteiger partial charge in [-0.1, -0.05) is 18.0 Å². The molecule has 6 heteroatoms. The van der Waals surface area contributed by atoms with E-state index >= 15 is 0 Å². The summed E-state index contributed by atoms with van der Waals surface area (Å²) in [7, 11) is 0. The van der Waals surface area contributed by atoms with Crippen LogP contribution in [0.2, 0.25) is 0 Å². The molecule has 1 saturated heterocycles. The highest BCUT2D eigenvalue weighted by Gasteiger charge is 2.49. The molecule has 1 atom stereocenters. The lowest BCUT2D eigenvalue weighted by Gasteiger charge is -2.21.